The van der Waals surface area contributed by atoms with Gasteiger partial charge in [0.1, 0.15) is 0 Å². The third-order valence-corrected chi connectivity index (χ3v) is 1.67. The van der Waals surface area contributed by atoms with Gasteiger partial charge in [0.2, 0.25) is 0 Å². The number of hydrogen-bond donors (Lipinski definition) is 0. The molecule has 0 rings (SSSR count). The maximum atomic E-state index is 3.27. The summed E-state index contributed by atoms with van der Waals surface area (Å²) in [7, 11) is 0. The number of rotatable bonds is 1. The van der Waals surface area contributed by atoms with Gasteiger partial charge in [0.05, 0.1) is 0 Å². The van der Waals surface area contributed by atoms with E-state index in [-0.39, 0.29) is 5.41 Å². The van der Waals surface area contributed by atoms with Gasteiger partial charge < -0.3 is 0 Å². The normalized spacial score (nSPS) is 14.1. The van der Waals surface area contributed by atoms with Gasteiger partial charge in [-0.25, -0.2) is 0 Å². The molecule has 0 nitrogen and oxygen atoms in total. The van der Waals surface area contributed by atoms with E-state index < -0.39 is 0 Å². The summed E-state index contributed by atoms with van der Waals surface area (Å²) in [6.07, 6.45) is 0. The fourth-order valence-corrected chi connectivity index (χ4v) is 0.497. The van der Waals surface area contributed by atoms with Gasteiger partial charge in [0.25, 0.3) is 0 Å². The largest absolute Gasteiger partial charge is 0.0994 e. The summed E-state index contributed by atoms with van der Waals surface area (Å²) in [5.74, 6) is 7.72. The zero-order valence-corrected chi connectivity index (χ0v) is 8.65. The molecule has 0 aliphatic heterocycles. The fraction of sp³-hybridized carbons (Fsp3) is 0.818. The van der Waals surface area contributed by atoms with E-state index in [0.29, 0.717) is 11.8 Å². The average Bonchev–Trinajstić information content (AvgIpc) is 1.80. The Morgan fingerprint density at radius 2 is 1.45 bits per heavy atom. The molecule has 0 aromatic rings. The molecule has 11 heavy (non-hydrogen) atoms. The van der Waals surface area contributed by atoms with Gasteiger partial charge in [-0.15, -0.1) is 0 Å². The van der Waals surface area contributed by atoms with E-state index in [2.05, 4.69) is 53.4 Å². The molecule has 64 valence electrons. The molecule has 0 bridgehead atoms. The first kappa shape index (κ1) is 10.6. The monoisotopic (exact) mass is 152 g/mol. The van der Waals surface area contributed by atoms with E-state index in [9.17, 15) is 0 Å². The smallest absolute Gasteiger partial charge is 0.0230 e. The van der Waals surface area contributed by atoms with Gasteiger partial charge in [-0.05, 0) is 26.7 Å². The summed E-state index contributed by atoms with van der Waals surface area (Å²) >= 11 is 0. The maximum absolute atomic E-state index is 3.27. The fourth-order valence-electron chi connectivity index (χ4n) is 0.497. The topological polar surface area (TPSA) is 0 Å². The Balaban J connectivity index is 4.08. The minimum absolute atomic E-state index is 0.156. The van der Waals surface area contributed by atoms with Crippen molar-refractivity contribution in [2.45, 2.75) is 41.5 Å². The predicted molar refractivity (Wildman–Crippen MR) is 51.2 cm³/mol. The molecule has 0 fully saturated rings. The third kappa shape index (κ3) is 5.98. The zero-order valence-electron chi connectivity index (χ0n) is 8.65. The van der Waals surface area contributed by atoms with E-state index in [4.69, 9.17) is 0 Å². The van der Waals surface area contributed by atoms with E-state index in [1.165, 1.54) is 0 Å². The van der Waals surface area contributed by atoms with Crippen LogP contribution in [0.1, 0.15) is 41.5 Å². The van der Waals surface area contributed by atoms with Crippen LogP contribution in [0.2, 0.25) is 0 Å². The average molecular weight is 152 g/mol. The lowest BCUT2D eigenvalue weighted by Gasteiger charge is -2.11. The van der Waals surface area contributed by atoms with Gasteiger partial charge in [-0.2, -0.15) is 0 Å². The molecule has 0 aliphatic carbocycles. The van der Waals surface area contributed by atoms with Crippen LogP contribution in [-0.2, 0) is 0 Å². The molecular formula is C11H20. The van der Waals surface area contributed by atoms with E-state index in [0.717, 1.165) is 0 Å². The Bertz CT molecular complexity index is 159. The minimum atomic E-state index is 0.156. The summed E-state index contributed by atoms with van der Waals surface area (Å²) in [5, 5.41) is 0. The highest BCUT2D eigenvalue weighted by Gasteiger charge is 2.06. The van der Waals surface area contributed by atoms with Crippen molar-refractivity contribution in [3.63, 3.8) is 0 Å². The summed E-state index contributed by atoms with van der Waals surface area (Å²) in [5.41, 5.74) is 0.156. The van der Waals surface area contributed by atoms with Crippen LogP contribution in [0.15, 0.2) is 0 Å². The third-order valence-electron chi connectivity index (χ3n) is 1.67. The van der Waals surface area contributed by atoms with Crippen molar-refractivity contribution in [3.8, 4) is 11.8 Å². The van der Waals surface area contributed by atoms with Crippen molar-refractivity contribution in [1.82, 2.24) is 0 Å². The van der Waals surface area contributed by atoms with Crippen molar-refractivity contribution in [2.75, 3.05) is 0 Å². The molecule has 1 unspecified atom stereocenters. The van der Waals surface area contributed by atoms with Gasteiger partial charge in [-0.3, -0.25) is 0 Å². The Labute approximate surface area is 71.4 Å². The van der Waals surface area contributed by atoms with Crippen molar-refractivity contribution >= 4 is 0 Å². The Kier molecular flexibility index (Phi) is 3.66. The second-order valence-corrected chi connectivity index (χ2v) is 4.55. The van der Waals surface area contributed by atoms with Crippen molar-refractivity contribution in [1.29, 1.82) is 0 Å². The van der Waals surface area contributed by atoms with Crippen LogP contribution < -0.4 is 0 Å². The molecule has 0 amide bonds. The standard InChI is InChI=1S/C11H20/c1-9(2)10(3)7-8-11(4,5)6/h9-10H,1-6H3. The lowest BCUT2D eigenvalue weighted by molar-refractivity contribution is 0.512. The highest BCUT2D eigenvalue weighted by molar-refractivity contribution is 5.09. The maximum Gasteiger partial charge on any atom is 0.0230 e. The first-order valence-electron chi connectivity index (χ1n) is 4.35. The summed E-state index contributed by atoms with van der Waals surface area (Å²) in [6, 6.07) is 0. The van der Waals surface area contributed by atoms with Crippen LogP contribution in [0.3, 0.4) is 0 Å². The first-order chi connectivity index (χ1) is 4.83. The second-order valence-electron chi connectivity index (χ2n) is 4.55. The van der Waals surface area contributed by atoms with Gasteiger partial charge in [0.15, 0.2) is 0 Å². The molecule has 0 aliphatic rings. The highest BCUT2D eigenvalue weighted by Crippen LogP contribution is 2.13. The van der Waals surface area contributed by atoms with E-state index >= 15 is 0 Å². The second kappa shape index (κ2) is 3.81. The van der Waals surface area contributed by atoms with Crippen LogP contribution in [0.5, 0.6) is 0 Å². The molecule has 0 saturated carbocycles. The zero-order chi connectivity index (χ0) is 9.07. The quantitative estimate of drug-likeness (QED) is 0.506. The van der Waals surface area contributed by atoms with E-state index in [1.807, 2.05) is 0 Å². The Morgan fingerprint density at radius 3 is 1.73 bits per heavy atom. The summed E-state index contributed by atoms with van der Waals surface area (Å²) in [4.78, 5) is 0. The molecule has 0 aromatic carbocycles. The summed E-state index contributed by atoms with van der Waals surface area (Å²) < 4.78 is 0. The molecule has 0 saturated heterocycles. The van der Waals surface area contributed by atoms with Crippen LogP contribution >= 0.6 is 0 Å². The molecule has 0 N–H and O–H groups in total. The van der Waals surface area contributed by atoms with Gasteiger partial charge in [-0.1, -0.05) is 32.6 Å². The Hall–Kier alpha value is -0.440. The van der Waals surface area contributed by atoms with Crippen molar-refractivity contribution in [2.24, 2.45) is 17.3 Å². The molecule has 0 radical (unpaired) electrons. The van der Waals surface area contributed by atoms with Gasteiger partial charge >= 0.3 is 0 Å². The lowest BCUT2D eigenvalue weighted by atomic mass is 9.93. The number of hydrogen-bond acceptors (Lipinski definition) is 0. The molecular weight excluding hydrogens is 132 g/mol. The predicted octanol–water partition coefficient (Wildman–Crippen LogP) is 3.33. The van der Waals surface area contributed by atoms with E-state index in [1.54, 1.807) is 0 Å². The van der Waals surface area contributed by atoms with Crippen LogP contribution in [0.25, 0.3) is 0 Å². The van der Waals surface area contributed by atoms with Crippen molar-refractivity contribution in [3.05, 3.63) is 0 Å². The van der Waals surface area contributed by atoms with Gasteiger partial charge in [0, 0.05) is 11.3 Å². The van der Waals surface area contributed by atoms with Crippen LogP contribution in [0.4, 0.5) is 0 Å². The molecule has 0 heterocycles. The van der Waals surface area contributed by atoms with Crippen LogP contribution in [-0.4, -0.2) is 0 Å². The van der Waals surface area contributed by atoms with Crippen molar-refractivity contribution < 1.29 is 0 Å². The SMILES string of the molecule is CC(C)C(C)C#CC(C)(C)C. The lowest BCUT2D eigenvalue weighted by Crippen LogP contribution is -2.04. The highest BCUT2D eigenvalue weighted by atomic mass is 14.1. The van der Waals surface area contributed by atoms with Crippen LogP contribution in [0, 0.1) is 29.1 Å². The first-order valence-corrected chi connectivity index (χ1v) is 4.35. The summed E-state index contributed by atoms with van der Waals surface area (Å²) in [6.45, 7) is 13.0. The molecule has 1 atom stereocenters. The molecule has 0 heteroatoms. The minimum Gasteiger partial charge on any atom is -0.0994 e. The molecule has 0 aromatic heterocycles. The molecule has 0 spiro atoms. The Morgan fingerprint density at radius 1 is 1.00 bits per heavy atom.